The van der Waals surface area contributed by atoms with Gasteiger partial charge < -0.3 is 10.0 Å². The summed E-state index contributed by atoms with van der Waals surface area (Å²) in [7, 11) is 0. The third kappa shape index (κ3) is 3.68. The molecule has 0 radical (unpaired) electrons. The molecule has 0 aliphatic carbocycles. The summed E-state index contributed by atoms with van der Waals surface area (Å²) in [6.45, 7) is 1.64. The van der Waals surface area contributed by atoms with E-state index in [1.54, 1.807) is 0 Å². The Kier molecular flexibility index (Phi) is 4.57. The minimum absolute atomic E-state index is 0.0580. The summed E-state index contributed by atoms with van der Waals surface area (Å²) in [5.74, 6) is 0. The second kappa shape index (κ2) is 6.78. The molecule has 0 amide bonds. The van der Waals surface area contributed by atoms with Crippen LogP contribution in [0.15, 0.2) is 36.7 Å². The molecule has 0 saturated heterocycles. The van der Waals surface area contributed by atoms with Gasteiger partial charge in [-0.25, -0.2) is 0 Å². The van der Waals surface area contributed by atoms with Crippen LogP contribution in [0.2, 0.25) is 0 Å². The Morgan fingerprint density at radius 3 is 2.91 bits per heavy atom. The summed E-state index contributed by atoms with van der Waals surface area (Å²) in [6, 6.07) is 8.28. The van der Waals surface area contributed by atoms with Crippen molar-refractivity contribution in [1.82, 2.24) is 9.78 Å². The van der Waals surface area contributed by atoms with Crippen molar-refractivity contribution in [2.24, 2.45) is 0 Å². The first kappa shape index (κ1) is 15.5. The van der Waals surface area contributed by atoms with Gasteiger partial charge in [-0.15, -0.1) is 0 Å². The molecule has 1 aliphatic rings. The van der Waals surface area contributed by atoms with E-state index in [0.717, 1.165) is 25.8 Å². The number of aliphatic hydroxyl groups is 1. The molecule has 2 aromatic rings. The van der Waals surface area contributed by atoms with Gasteiger partial charge in [0.15, 0.2) is 0 Å². The second-order valence-corrected chi connectivity index (χ2v) is 5.86. The molecule has 0 saturated carbocycles. The molecule has 0 fully saturated rings. The van der Waals surface area contributed by atoms with Crippen LogP contribution in [0.3, 0.4) is 0 Å². The van der Waals surface area contributed by atoms with Crippen LogP contribution in [0.5, 0.6) is 0 Å². The number of β-amino-alcohol motifs (C(OH)–C–C–N with tert-alkyl or cyclic N) is 1. The molecule has 7 heteroatoms. The average Bonchev–Trinajstić information content (AvgIpc) is 2.90. The standard InChI is InChI=1S/C16H20N4O3/c21-15(12-19-10-14(9-17-19)20(22)23)11-18-8-4-3-6-13-5-1-2-7-16(13)18/h1-2,5,7,9-10,15,21H,3-4,6,8,11-12H2. The Morgan fingerprint density at radius 2 is 2.13 bits per heavy atom. The highest BCUT2D eigenvalue weighted by atomic mass is 16.6. The van der Waals surface area contributed by atoms with Crippen molar-refractivity contribution in [2.45, 2.75) is 31.9 Å². The minimum atomic E-state index is -0.638. The number of nitro groups is 1. The molecular formula is C16H20N4O3. The van der Waals surface area contributed by atoms with Crippen molar-refractivity contribution in [1.29, 1.82) is 0 Å². The van der Waals surface area contributed by atoms with Crippen molar-refractivity contribution in [3.63, 3.8) is 0 Å². The van der Waals surface area contributed by atoms with Gasteiger partial charge in [-0.2, -0.15) is 5.10 Å². The maximum atomic E-state index is 10.7. The molecule has 1 aromatic carbocycles. The number of anilines is 1. The van der Waals surface area contributed by atoms with Crippen LogP contribution in [0, 0.1) is 10.1 Å². The number of aryl methyl sites for hydroxylation is 1. The molecule has 1 aliphatic heterocycles. The molecule has 1 unspecified atom stereocenters. The Morgan fingerprint density at radius 1 is 1.30 bits per heavy atom. The quantitative estimate of drug-likeness (QED) is 0.673. The molecular weight excluding hydrogens is 296 g/mol. The summed E-state index contributed by atoms with van der Waals surface area (Å²) >= 11 is 0. The Bertz CT molecular complexity index is 685. The van der Waals surface area contributed by atoms with Crippen LogP contribution < -0.4 is 4.90 Å². The first-order valence-corrected chi connectivity index (χ1v) is 7.81. The van der Waals surface area contributed by atoms with Crippen LogP contribution in [0.25, 0.3) is 0 Å². The fraction of sp³-hybridized carbons (Fsp3) is 0.438. The molecule has 1 atom stereocenters. The van der Waals surface area contributed by atoms with Gasteiger partial charge in [0.05, 0.1) is 17.6 Å². The third-order valence-electron chi connectivity index (χ3n) is 4.12. The smallest absolute Gasteiger partial charge is 0.306 e. The van der Waals surface area contributed by atoms with E-state index in [1.165, 1.54) is 28.3 Å². The SMILES string of the molecule is O=[N+]([O-])c1cnn(CC(O)CN2CCCCc3ccccc32)c1. The van der Waals surface area contributed by atoms with E-state index >= 15 is 0 Å². The number of aliphatic hydroxyl groups excluding tert-OH is 1. The van der Waals surface area contributed by atoms with E-state index < -0.39 is 11.0 Å². The van der Waals surface area contributed by atoms with Gasteiger partial charge in [-0.05, 0) is 30.9 Å². The van der Waals surface area contributed by atoms with Gasteiger partial charge in [0.2, 0.25) is 0 Å². The fourth-order valence-corrected chi connectivity index (χ4v) is 3.03. The first-order chi connectivity index (χ1) is 11.1. The molecule has 122 valence electrons. The monoisotopic (exact) mass is 316 g/mol. The van der Waals surface area contributed by atoms with Crippen LogP contribution in [0.1, 0.15) is 18.4 Å². The zero-order chi connectivity index (χ0) is 16.2. The molecule has 0 spiro atoms. The van der Waals surface area contributed by atoms with Crippen molar-refractivity contribution in [2.75, 3.05) is 18.0 Å². The maximum absolute atomic E-state index is 10.7. The number of hydrogen-bond acceptors (Lipinski definition) is 5. The lowest BCUT2D eigenvalue weighted by atomic mass is 10.1. The fourth-order valence-electron chi connectivity index (χ4n) is 3.03. The van der Waals surface area contributed by atoms with Gasteiger partial charge in [0.25, 0.3) is 0 Å². The Balaban J connectivity index is 1.67. The third-order valence-corrected chi connectivity index (χ3v) is 4.12. The topological polar surface area (TPSA) is 84.4 Å². The van der Waals surface area contributed by atoms with E-state index in [9.17, 15) is 15.2 Å². The average molecular weight is 316 g/mol. The molecule has 1 N–H and O–H groups in total. The van der Waals surface area contributed by atoms with Crippen molar-refractivity contribution >= 4 is 11.4 Å². The Hall–Kier alpha value is -2.41. The summed E-state index contributed by atoms with van der Waals surface area (Å²) in [5.41, 5.74) is 2.43. The van der Waals surface area contributed by atoms with Crippen LogP contribution >= 0.6 is 0 Å². The van der Waals surface area contributed by atoms with Crippen molar-refractivity contribution in [3.05, 3.63) is 52.3 Å². The second-order valence-electron chi connectivity index (χ2n) is 5.86. The number of hydrogen-bond donors (Lipinski definition) is 1. The zero-order valence-electron chi connectivity index (χ0n) is 12.8. The molecule has 0 bridgehead atoms. The van der Waals surface area contributed by atoms with E-state index in [1.807, 2.05) is 12.1 Å². The normalized spacial score (nSPS) is 15.8. The molecule has 2 heterocycles. The van der Waals surface area contributed by atoms with E-state index in [0.29, 0.717) is 6.54 Å². The summed E-state index contributed by atoms with van der Waals surface area (Å²) in [6.07, 6.45) is 5.21. The lowest BCUT2D eigenvalue weighted by Crippen LogP contribution is -2.35. The first-order valence-electron chi connectivity index (χ1n) is 7.81. The Labute approximate surface area is 134 Å². The molecule has 1 aromatic heterocycles. The van der Waals surface area contributed by atoms with Crippen LogP contribution in [-0.4, -0.2) is 39.0 Å². The van der Waals surface area contributed by atoms with Gasteiger partial charge in [0.1, 0.15) is 12.4 Å². The number of para-hydroxylation sites is 1. The highest BCUT2D eigenvalue weighted by molar-refractivity contribution is 5.54. The summed E-state index contributed by atoms with van der Waals surface area (Å²) in [4.78, 5) is 12.4. The summed E-state index contributed by atoms with van der Waals surface area (Å²) < 4.78 is 1.42. The van der Waals surface area contributed by atoms with Crippen LogP contribution in [-0.2, 0) is 13.0 Å². The predicted molar refractivity (Wildman–Crippen MR) is 86.5 cm³/mol. The lowest BCUT2D eigenvalue weighted by Gasteiger charge is -2.27. The number of fused-ring (bicyclic) bond motifs is 1. The van der Waals surface area contributed by atoms with E-state index in [2.05, 4.69) is 22.1 Å². The van der Waals surface area contributed by atoms with E-state index in [4.69, 9.17) is 0 Å². The number of rotatable bonds is 5. The van der Waals surface area contributed by atoms with Crippen molar-refractivity contribution < 1.29 is 10.0 Å². The van der Waals surface area contributed by atoms with Gasteiger partial charge in [-0.1, -0.05) is 18.2 Å². The van der Waals surface area contributed by atoms with Crippen molar-refractivity contribution in [3.8, 4) is 0 Å². The minimum Gasteiger partial charge on any atom is -0.389 e. The lowest BCUT2D eigenvalue weighted by molar-refractivity contribution is -0.385. The highest BCUT2D eigenvalue weighted by Gasteiger charge is 2.19. The van der Waals surface area contributed by atoms with E-state index in [-0.39, 0.29) is 12.2 Å². The number of aromatic nitrogens is 2. The predicted octanol–water partition coefficient (Wildman–Crippen LogP) is 2.00. The van der Waals surface area contributed by atoms with Crippen LogP contribution in [0.4, 0.5) is 11.4 Å². The molecule has 3 rings (SSSR count). The zero-order valence-corrected chi connectivity index (χ0v) is 12.8. The van der Waals surface area contributed by atoms with Gasteiger partial charge in [0, 0.05) is 18.8 Å². The largest absolute Gasteiger partial charge is 0.389 e. The maximum Gasteiger partial charge on any atom is 0.306 e. The summed E-state index contributed by atoms with van der Waals surface area (Å²) in [5, 5.41) is 25.0. The molecule has 7 nitrogen and oxygen atoms in total. The van der Waals surface area contributed by atoms with Gasteiger partial charge in [-0.3, -0.25) is 14.8 Å². The molecule has 23 heavy (non-hydrogen) atoms. The highest BCUT2D eigenvalue weighted by Crippen LogP contribution is 2.26. The van der Waals surface area contributed by atoms with Gasteiger partial charge >= 0.3 is 5.69 Å². The number of nitrogens with zero attached hydrogens (tertiary/aromatic N) is 4. The number of benzene rings is 1.